The van der Waals surface area contributed by atoms with Gasteiger partial charge >= 0.3 is 0 Å². The van der Waals surface area contributed by atoms with Gasteiger partial charge in [0.25, 0.3) is 0 Å². The van der Waals surface area contributed by atoms with Crippen LogP contribution < -0.4 is 15.4 Å². The Kier molecular flexibility index (Phi) is 11.2. The van der Waals surface area contributed by atoms with Gasteiger partial charge in [0.2, 0.25) is 5.88 Å². The number of aromatic nitrogens is 1. The summed E-state index contributed by atoms with van der Waals surface area (Å²) in [6, 6.07) is 3.82. The molecule has 0 atom stereocenters. The molecule has 1 saturated heterocycles. The molecule has 152 valence electrons. The first-order valence-corrected chi connectivity index (χ1v) is 10.8. The fourth-order valence-corrected chi connectivity index (χ4v) is 3.40. The number of nitrogens with one attached hydrogen (secondary N) is 2. The number of pyridine rings is 1. The lowest BCUT2D eigenvalue weighted by atomic mass is 10.0. The van der Waals surface area contributed by atoms with Crippen LogP contribution in [-0.2, 0) is 0 Å². The van der Waals surface area contributed by atoms with Crippen molar-refractivity contribution >= 4 is 30.9 Å². The number of hydrogen-bond donors (Lipinski definition) is 2. The molecule has 6 nitrogen and oxygen atoms in total. The highest BCUT2D eigenvalue weighted by Gasteiger charge is 2.11. The third kappa shape index (κ3) is 8.37. The van der Waals surface area contributed by atoms with Crippen LogP contribution in [0.1, 0.15) is 37.7 Å². The normalized spacial score (nSPS) is 17.0. The minimum Gasteiger partial charge on any atom is -0.473 e. The number of nitrogens with zero attached hydrogens (tertiary/aromatic N) is 3. The molecule has 0 spiro atoms. The van der Waals surface area contributed by atoms with Crippen LogP contribution in [-0.4, -0.2) is 50.7 Å². The molecular formula is C21H31N5OS. The molecule has 0 radical (unpaired) electrons. The van der Waals surface area contributed by atoms with Crippen LogP contribution in [0.3, 0.4) is 0 Å². The highest BCUT2D eigenvalue weighted by Crippen LogP contribution is 2.27. The molecule has 0 saturated carbocycles. The van der Waals surface area contributed by atoms with Crippen molar-refractivity contribution in [3.05, 3.63) is 41.0 Å². The lowest BCUT2D eigenvalue weighted by Gasteiger charge is -2.15. The highest BCUT2D eigenvalue weighted by molar-refractivity contribution is 8.02. The largest absolute Gasteiger partial charge is 0.473 e. The number of hydrogen-bond acceptors (Lipinski definition) is 7. The Morgan fingerprint density at radius 3 is 2.71 bits per heavy atom. The van der Waals surface area contributed by atoms with E-state index in [1.54, 1.807) is 6.20 Å². The summed E-state index contributed by atoms with van der Waals surface area (Å²) in [6.07, 6.45) is 10.1. The van der Waals surface area contributed by atoms with Gasteiger partial charge in [-0.05, 0) is 81.7 Å². The van der Waals surface area contributed by atoms with Crippen molar-refractivity contribution in [1.29, 1.82) is 0 Å². The first-order chi connectivity index (χ1) is 13.8. The van der Waals surface area contributed by atoms with Crippen LogP contribution in [0.25, 0.3) is 5.70 Å². The first-order valence-electron chi connectivity index (χ1n) is 9.73. The average molecular weight is 402 g/mol. The van der Waals surface area contributed by atoms with Gasteiger partial charge in [-0.15, -0.1) is 11.8 Å². The monoisotopic (exact) mass is 401 g/mol. The lowest BCUT2D eigenvalue weighted by Crippen LogP contribution is -2.37. The zero-order valence-electron chi connectivity index (χ0n) is 16.5. The van der Waals surface area contributed by atoms with E-state index >= 15 is 0 Å². The third-order valence-electron chi connectivity index (χ3n) is 4.31. The Balaban J connectivity index is 0.000000397. The van der Waals surface area contributed by atoms with Gasteiger partial charge in [-0.1, -0.05) is 6.08 Å². The molecule has 0 bridgehead atoms. The zero-order valence-corrected chi connectivity index (χ0v) is 17.3. The van der Waals surface area contributed by atoms with Crippen molar-refractivity contribution in [3.8, 4) is 5.88 Å². The minimum absolute atomic E-state index is 0.586. The molecule has 2 N–H and O–H groups in total. The van der Waals surface area contributed by atoms with Gasteiger partial charge in [-0.3, -0.25) is 9.98 Å². The summed E-state index contributed by atoms with van der Waals surface area (Å²) < 4.78 is 5.91. The molecule has 1 aromatic heterocycles. The van der Waals surface area contributed by atoms with Crippen LogP contribution in [0.2, 0.25) is 0 Å². The second kappa shape index (κ2) is 14.1. The van der Waals surface area contributed by atoms with Gasteiger partial charge in [-0.25, -0.2) is 4.98 Å². The minimum atomic E-state index is 0.586. The van der Waals surface area contributed by atoms with E-state index in [-0.39, 0.29) is 0 Å². The molecule has 3 rings (SSSR count). The second-order valence-electron chi connectivity index (χ2n) is 6.46. The fraction of sp³-hybridized carbons (Fsp3) is 0.476. The van der Waals surface area contributed by atoms with E-state index in [4.69, 9.17) is 4.74 Å². The van der Waals surface area contributed by atoms with Gasteiger partial charge in [0.1, 0.15) is 6.61 Å². The Bertz CT molecular complexity index is 659. The Labute approximate surface area is 172 Å². The molecule has 1 aliphatic carbocycles. The van der Waals surface area contributed by atoms with Crippen molar-refractivity contribution in [2.75, 3.05) is 32.2 Å². The zero-order chi connectivity index (χ0) is 19.9. The third-order valence-corrected chi connectivity index (χ3v) is 5.04. The first kappa shape index (κ1) is 22.3. The quantitative estimate of drug-likeness (QED) is 0.393. The molecule has 1 aromatic rings. The molecule has 0 amide bonds. The second-order valence-corrected chi connectivity index (χ2v) is 7.29. The predicted molar refractivity (Wildman–Crippen MR) is 121 cm³/mol. The van der Waals surface area contributed by atoms with Crippen molar-refractivity contribution in [3.63, 3.8) is 0 Å². The van der Waals surface area contributed by atoms with E-state index in [0.717, 1.165) is 30.8 Å². The maximum absolute atomic E-state index is 5.91. The molecule has 0 unspecified atom stereocenters. The molecule has 2 heterocycles. The SMILES string of the molecule is C1CNCNC1.C=NCS/C=C(\N=C)c1cccnc1OCC1=CCCCC1. The Morgan fingerprint density at radius 2 is 2.11 bits per heavy atom. The van der Waals surface area contributed by atoms with Gasteiger partial charge in [0.05, 0.1) is 17.1 Å². The Morgan fingerprint density at radius 1 is 1.25 bits per heavy atom. The Hall–Kier alpha value is -1.96. The number of ether oxygens (including phenoxy) is 1. The van der Waals surface area contributed by atoms with Crippen LogP contribution in [0.4, 0.5) is 0 Å². The molecule has 7 heteroatoms. The lowest BCUT2D eigenvalue weighted by molar-refractivity contribution is 0.329. The number of aliphatic imine (C=N–C) groups is 2. The van der Waals surface area contributed by atoms with Gasteiger partial charge in [-0.2, -0.15) is 0 Å². The number of thioether (sulfide) groups is 1. The summed E-state index contributed by atoms with van der Waals surface area (Å²) in [7, 11) is 0. The molecule has 2 aliphatic rings. The number of allylic oxidation sites excluding steroid dienone is 1. The number of rotatable bonds is 8. The van der Waals surface area contributed by atoms with Crippen molar-refractivity contribution < 1.29 is 4.74 Å². The smallest absolute Gasteiger partial charge is 0.223 e. The van der Waals surface area contributed by atoms with Gasteiger partial charge in [0, 0.05) is 12.9 Å². The maximum Gasteiger partial charge on any atom is 0.223 e. The molecule has 1 aliphatic heterocycles. The summed E-state index contributed by atoms with van der Waals surface area (Å²) in [5.41, 5.74) is 2.95. The fourth-order valence-electron chi connectivity index (χ4n) is 2.86. The van der Waals surface area contributed by atoms with Crippen LogP contribution in [0.5, 0.6) is 5.88 Å². The summed E-state index contributed by atoms with van der Waals surface area (Å²) in [4.78, 5) is 12.2. The van der Waals surface area contributed by atoms with Gasteiger partial charge < -0.3 is 15.4 Å². The average Bonchev–Trinajstić information content (AvgIpc) is 2.78. The van der Waals surface area contributed by atoms with E-state index in [2.05, 4.69) is 45.1 Å². The van der Waals surface area contributed by atoms with E-state index in [9.17, 15) is 0 Å². The maximum atomic E-state index is 5.91. The van der Waals surface area contributed by atoms with E-state index in [1.165, 1.54) is 49.7 Å². The molecule has 28 heavy (non-hydrogen) atoms. The van der Waals surface area contributed by atoms with E-state index < -0.39 is 0 Å². The van der Waals surface area contributed by atoms with Crippen LogP contribution >= 0.6 is 11.8 Å². The van der Waals surface area contributed by atoms with Crippen molar-refractivity contribution in [1.82, 2.24) is 15.6 Å². The standard InChI is InChI=1S/C17H21N3OS.C4H10N2/c1-18-13-22-12-16(19-2)15-9-6-10-20-17(15)21-11-14-7-4-3-5-8-14;1-2-5-4-6-3-1/h6-7,9-10,12H,1-5,8,11,13H2;5-6H,1-4H2/b16-12-;. The molecule has 1 fully saturated rings. The summed E-state index contributed by atoms with van der Waals surface area (Å²) in [5.74, 6) is 1.18. The molecule has 0 aromatic carbocycles. The van der Waals surface area contributed by atoms with Gasteiger partial charge in [0.15, 0.2) is 0 Å². The van der Waals surface area contributed by atoms with Crippen LogP contribution in [0.15, 0.2) is 45.4 Å². The van der Waals surface area contributed by atoms with E-state index in [1.807, 2.05) is 17.5 Å². The summed E-state index contributed by atoms with van der Waals surface area (Å²) in [5, 5.41) is 8.26. The van der Waals surface area contributed by atoms with Crippen molar-refractivity contribution in [2.45, 2.75) is 32.1 Å². The summed E-state index contributed by atoms with van der Waals surface area (Å²) >= 11 is 1.52. The predicted octanol–water partition coefficient (Wildman–Crippen LogP) is 3.88. The summed E-state index contributed by atoms with van der Waals surface area (Å²) in [6.45, 7) is 11.1. The highest BCUT2D eigenvalue weighted by atomic mass is 32.2. The van der Waals surface area contributed by atoms with E-state index in [0.29, 0.717) is 18.4 Å². The molecular weight excluding hydrogens is 370 g/mol. The van der Waals surface area contributed by atoms with Crippen molar-refractivity contribution in [2.24, 2.45) is 9.98 Å². The van der Waals surface area contributed by atoms with Crippen LogP contribution in [0, 0.1) is 0 Å². The topological polar surface area (TPSA) is 70.9 Å².